The lowest BCUT2D eigenvalue weighted by atomic mass is 9.82. The second-order valence-electron chi connectivity index (χ2n) is 6.64. The maximum absolute atomic E-state index is 2.76. The monoisotopic (exact) mass is 281 g/mol. The van der Waals surface area contributed by atoms with Gasteiger partial charge >= 0.3 is 0 Å². The Bertz CT molecular complexity index is 165. The Morgan fingerprint density at radius 1 is 0.500 bits per heavy atom. The summed E-state index contributed by atoms with van der Waals surface area (Å²) in [7, 11) is 0. The molecule has 0 N–H and O–H groups in total. The van der Waals surface area contributed by atoms with Gasteiger partial charge in [0.05, 0.1) is 0 Å². The van der Waals surface area contributed by atoms with Gasteiger partial charge in [-0.25, -0.2) is 0 Å². The molecule has 0 saturated heterocycles. The van der Waals surface area contributed by atoms with Crippen LogP contribution in [-0.4, -0.2) is 0 Å². The predicted molar refractivity (Wildman–Crippen MR) is 94.0 cm³/mol. The quantitative estimate of drug-likeness (QED) is 0.271. The number of unbranched alkanes of at least 4 members (excludes halogenated alkanes) is 5. The van der Waals surface area contributed by atoms with Crippen LogP contribution in [0.3, 0.4) is 0 Å². The topological polar surface area (TPSA) is 0 Å². The highest BCUT2D eigenvalue weighted by atomic mass is 14.2. The average Bonchev–Trinajstić information content (AvgIpc) is 2.46. The van der Waals surface area contributed by atoms with Crippen molar-refractivity contribution in [3.8, 4) is 0 Å². The third-order valence-corrected chi connectivity index (χ3v) is 4.49. The molecule has 20 heavy (non-hydrogen) atoms. The molecule has 0 heterocycles. The lowest BCUT2D eigenvalue weighted by Crippen LogP contribution is -2.11. The fourth-order valence-electron chi connectivity index (χ4n) is 3.20. The Balaban J connectivity index is 4.09. The van der Waals surface area contributed by atoms with E-state index < -0.39 is 0 Å². The van der Waals surface area contributed by atoms with Crippen LogP contribution in [0.5, 0.6) is 0 Å². The molecule has 0 aliphatic carbocycles. The summed E-state index contributed by atoms with van der Waals surface area (Å²) in [6.07, 6.45) is 21.1. The molecule has 121 valence electrons. The van der Waals surface area contributed by atoms with E-state index >= 15 is 0 Å². The van der Waals surface area contributed by atoms with Crippen molar-refractivity contribution in [3.63, 3.8) is 0 Å². The standard InChI is InChI=1S/C20H41/c1-5-9-12-13-17-19(14-8-4)18-20(15-10-6-2)16-11-7-3/h18-20H,5-17H2,1-4H3. The second-order valence-corrected chi connectivity index (χ2v) is 6.64. The van der Waals surface area contributed by atoms with E-state index in [1.165, 1.54) is 83.5 Å². The molecule has 0 amide bonds. The lowest BCUT2D eigenvalue weighted by Gasteiger charge is -2.23. The van der Waals surface area contributed by atoms with Gasteiger partial charge < -0.3 is 0 Å². The Kier molecular flexibility index (Phi) is 15.4. The van der Waals surface area contributed by atoms with Crippen LogP contribution >= 0.6 is 0 Å². The summed E-state index contributed by atoms with van der Waals surface area (Å²) in [6.45, 7) is 9.30. The lowest BCUT2D eigenvalue weighted by molar-refractivity contribution is 0.378. The summed E-state index contributed by atoms with van der Waals surface area (Å²) in [5.74, 6) is 1.80. The Morgan fingerprint density at radius 2 is 1.00 bits per heavy atom. The third kappa shape index (κ3) is 11.8. The van der Waals surface area contributed by atoms with E-state index in [2.05, 4.69) is 34.1 Å². The van der Waals surface area contributed by atoms with Gasteiger partial charge in [-0.3, -0.25) is 0 Å². The van der Waals surface area contributed by atoms with Gasteiger partial charge in [0.2, 0.25) is 0 Å². The summed E-state index contributed by atoms with van der Waals surface area (Å²) >= 11 is 0. The molecule has 0 aromatic carbocycles. The maximum Gasteiger partial charge on any atom is -0.0324 e. The molecule has 0 spiro atoms. The Labute approximate surface area is 130 Å². The van der Waals surface area contributed by atoms with Gasteiger partial charge in [0.1, 0.15) is 0 Å². The average molecular weight is 282 g/mol. The molecular formula is C20H41. The highest BCUT2D eigenvalue weighted by molar-refractivity contribution is 4.83. The van der Waals surface area contributed by atoms with Gasteiger partial charge in [-0.1, -0.05) is 111 Å². The van der Waals surface area contributed by atoms with E-state index in [0.717, 1.165) is 11.8 Å². The minimum absolute atomic E-state index is 0.899. The van der Waals surface area contributed by atoms with Crippen molar-refractivity contribution in [2.45, 2.75) is 111 Å². The first kappa shape index (κ1) is 20.0. The van der Waals surface area contributed by atoms with Gasteiger partial charge in [0, 0.05) is 0 Å². The highest BCUT2D eigenvalue weighted by Gasteiger charge is 2.15. The molecule has 1 unspecified atom stereocenters. The van der Waals surface area contributed by atoms with E-state index in [0.29, 0.717) is 0 Å². The van der Waals surface area contributed by atoms with Gasteiger partial charge in [-0.2, -0.15) is 0 Å². The molecule has 0 aromatic rings. The summed E-state index contributed by atoms with van der Waals surface area (Å²) in [4.78, 5) is 0. The van der Waals surface area contributed by atoms with Crippen LogP contribution in [0.15, 0.2) is 0 Å². The molecule has 0 rings (SSSR count). The zero-order valence-corrected chi connectivity index (χ0v) is 14.9. The van der Waals surface area contributed by atoms with Crippen LogP contribution in [-0.2, 0) is 0 Å². The molecule has 0 bridgehead atoms. The second kappa shape index (κ2) is 15.4. The van der Waals surface area contributed by atoms with Crippen LogP contribution in [0.2, 0.25) is 0 Å². The fraction of sp³-hybridized carbons (Fsp3) is 0.950. The first-order chi connectivity index (χ1) is 9.78. The van der Waals surface area contributed by atoms with Gasteiger partial charge in [0.15, 0.2) is 0 Å². The summed E-state index contributed by atoms with van der Waals surface area (Å²) in [6, 6.07) is 0. The normalized spacial score (nSPS) is 13.1. The van der Waals surface area contributed by atoms with Crippen LogP contribution < -0.4 is 0 Å². The number of rotatable bonds is 15. The third-order valence-electron chi connectivity index (χ3n) is 4.49. The van der Waals surface area contributed by atoms with E-state index in [1.807, 2.05) is 0 Å². The molecule has 0 aliphatic heterocycles. The number of hydrogen-bond acceptors (Lipinski definition) is 0. The first-order valence-corrected chi connectivity index (χ1v) is 9.63. The summed E-state index contributed by atoms with van der Waals surface area (Å²) in [5, 5.41) is 0. The molecule has 0 fully saturated rings. The summed E-state index contributed by atoms with van der Waals surface area (Å²) in [5.41, 5.74) is 0. The van der Waals surface area contributed by atoms with Gasteiger partial charge in [-0.05, 0) is 18.3 Å². The van der Waals surface area contributed by atoms with E-state index in [4.69, 9.17) is 0 Å². The highest BCUT2D eigenvalue weighted by Crippen LogP contribution is 2.28. The van der Waals surface area contributed by atoms with E-state index in [-0.39, 0.29) is 0 Å². The first-order valence-electron chi connectivity index (χ1n) is 9.63. The largest absolute Gasteiger partial charge is 0.0654 e. The van der Waals surface area contributed by atoms with Crippen molar-refractivity contribution < 1.29 is 0 Å². The van der Waals surface area contributed by atoms with Crippen molar-refractivity contribution >= 4 is 0 Å². The van der Waals surface area contributed by atoms with Crippen LogP contribution in [0.4, 0.5) is 0 Å². The van der Waals surface area contributed by atoms with Crippen LogP contribution in [0.25, 0.3) is 0 Å². The SMILES string of the molecule is CCCCCCC([CH]C(CCCC)CCCC)CCC. The van der Waals surface area contributed by atoms with E-state index in [1.54, 1.807) is 0 Å². The van der Waals surface area contributed by atoms with Crippen molar-refractivity contribution in [1.29, 1.82) is 0 Å². The smallest absolute Gasteiger partial charge is 0.0324 e. The van der Waals surface area contributed by atoms with Crippen LogP contribution in [0, 0.1) is 18.3 Å². The molecule has 0 heteroatoms. The fourth-order valence-corrected chi connectivity index (χ4v) is 3.20. The van der Waals surface area contributed by atoms with Crippen LogP contribution in [0.1, 0.15) is 111 Å². The Morgan fingerprint density at radius 3 is 1.50 bits per heavy atom. The molecule has 0 aliphatic rings. The van der Waals surface area contributed by atoms with Gasteiger partial charge in [0.25, 0.3) is 0 Å². The molecule has 0 aromatic heterocycles. The molecular weight excluding hydrogens is 240 g/mol. The maximum atomic E-state index is 2.76. The minimum Gasteiger partial charge on any atom is -0.0654 e. The zero-order chi connectivity index (χ0) is 15.1. The van der Waals surface area contributed by atoms with E-state index in [9.17, 15) is 0 Å². The van der Waals surface area contributed by atoms with Crippen molar-refractivity contribution in [1.82, 2.24) is 0 Å². The zero-order valence-electron chi connectivity index (χ0n) is 14.9. The summed E-state index contributed by atoms with van der Waals surface area (Å²) < 4.78 is 0. The molecule has 0 nitrogen and oxygen atoms in total. The van der Waals surface area contributed by atoms with Crippen molar-refractivity contribution in [3.05, 3.63) is 6.42 Å². The molecule has 1 radical (unpaired) electrons. The molecule has 0 saturated carbocycles. The molecule has 1 atom stereocenters. The van der Waals surface area contributed by atoms with Crippen molar-refractivity contribution in [2.75, 3.05) is 0 Å². The number of hydrogen-bond donors (Lipinski definition) is 0. The van der Waals surface area contributed by atoms with Crippen molar-refractivity contribution in [2.24, 2.45) is 11.8 Å². The Hall–Kier alpha value is 0. The van der Waals surface area contributed by atoms with Gasteiger partial charge in [-0.15, -0.1) is 0 Å². The minimum atomic E-state index is 0.899. The predicted octanol–water partition coefficient (Wildman–Crippen LogP) is 7.57.